The Labute approximate surface area is 99.2 Å². The molecule has 3 heteroatoms. The number of hydrogen-bond acceptors (Lipinski definition) is 3. The summed E-state index contributed by atoms with van der Waals surface area (Å²) in [5.41, 5.74) is 3.19. The third-order valence-corrected chi connectivity index (χ3v) is 5.95. The van der Waals surface area contributed by atoms with E-state index in [2.05, 4.69) is 0 Å². The lowest BCUT2D eigenvalue weighted by atomic mass is 9.72. The van der Waals surface area contributed by atoms with E-state index in [0.717, 1.165) is 18.3 Å². The first-order chi connectivity index (χ1) is 8.25. The van der Waals surface area contributed by atoms with E-state index in [4.69, 9.17) is 4.74 Å². The zero-order valence-electron chi connectivity index (χ0n) is 9.52. The SMILES string of the molecule is O=C1OC(=O)[C@H]2[C@H]1[C@H]1C[C@H]2C2=C1[C@@H]1CC[C@H]2C1. The zero-order chi connectivity index (χ0) is 11.3. The molecule has 17 heavy (non-hydrogen) atoms. The van der Waals surface area contributed by atoms with E-state index in [1.165, 1.54) is 19.3 Å². The van der Waals surface area contributed by atoms with Crippen molar-refractivity contribution in [2.45, 2.75) is 25.7 Å². The number of esters is 2. The average molecular weight is 230 g/mol. The molecule has 4 aliphatic carbocycles. The first kappa shape index (κ1) is 8.90. The summed E-state index contributed by atoms with van der Waals surface area (Å²) in [6.07, 6.45) is 4.99. The highest BCUT2D eigenvalue weighted by Gasteiger charge is 2.66. The summed E-state index contributed by atoms with van der Waals surface area (Å²) in [4.78, 5) is 23.6. The van der Waals surface area contributed by atoms with Crippen LogP contribution < -0.4 is 0 Å². The van der Waals surface area contributed by atoms with Crippen molar-refractivity contribution in [3.05, 3.63) is 11.1 Å². The summed E-state index contributed by atoms with van der Waals surface area (Å²) in [5.74, 6) is 1.55. The number of carbonyl (C=O) groups is 2. The van der Waals surface area contributed by atoms with E-state index in [9.17, 15) is 9.59 Å². The highest BCUT2D eigenvalue weighted by atomic mass is 16.6. The van der Waals surface area contributed by atoms with E-state index in [-0.39, 0.29) is 23.8 Å². The minimum absolute atomic E-state index is 0.106. The molecule has 5 aliphatic rings. The number of allylic oxidation sites excluding steroid dienone is 2. The number of rotatable bonds is 0. The van der Waals surface area contributed by atoms with Crippen LogP contribution in [0.2, 0.25) is 0 Å². The molecule has 0 unspecified atom stereocenters. The number of carbonyl (C=O) groups excluding carboxylic acids is 2. The first-order valence-corrected chi connectivity index (χ1v) is 6.75. The number of fused-ring (bicyclic) bond motifs is 11. The molecule has 1 heterocycles. The van der Waals surface area contributed by atoms with Crippen LogP contribution in [0.3, 0.4) is 0 Å². The maximum absolute atomic E-state index is 11.8. The molecule has 3 nitrogen and oxygen atoms in total. The second-order valence-electron chi connectivity index (χ2n) is 6.36. The number of ether oxygens (including phenoxy) is 1. The maximum Gasteiger partial charge on any atom is 0.318 e. The minimum Gasteiger partial charge on any atom is -0.393 e. The third-order valence-electron chi connectivity index (χ3n) is 5.95. The molecule has 0 N–H and O–H groups in total. The Hall–Kier alpha value is -1.12. The summed E-state index contributed by atoms with van der Waals surface area (Å²) >= 11 is 0. The van der Waals surface area contributed by atoms with Crippen LogP contribution >= 0.6 is 0 Å². The summed E-state index contributed by atoms with van der Waals surface area (Å²) in [5, 5.41) is 0. The van der Waals surface area contributed by atoms with Gasteiger partial charge in [0.25, 0.3) is 0 Å². The van der Waals surface area contributed by atoms with E-state index in [0.29, 0.717) is 11.8 Å². The Kier molecular flexibility index (Phi) is 1.31. The van der Waals surface area contributed by atoms with E-state index < -0.39 is 0 Å². The molecule has 2 saturated carbocycles. The van der Waals surface area contributed by atoms with Gasteiger partial charge in [-0.1, -0.05) is 11.1 Å². The van der Waals surface area contributed by atoms with E-state index in [1.54, 1.807) is 11.1 Å². The second kappa shape index (κ2) is 2.50. The van der Waals surface area contributed by atoms with Crippen LogP contribution in [0.4, 0.5) is 0 Å². The Balaban J connectivity index is 1.69. The largest absolute Gasteiger partial charge is 0.393 e. The molecule has 0 amide bonds. The highest BCUT2D eigenvalue weighted by molar-refractivity contribution is 5.98. The van der Waals surface area contributed by atoms with Gasteiger partial charge in [-0.2, -0.15) is 0 Å². The summed E-state index contributed by atoms with van der Waals surface area (Å²) in [6, 6.07) is 0. The van der Waals surface area contributed by atoms with Gasteiger partial charge in [0.15, 0.2) is 0 Å². The standard InChI is InChI=1S/C14H14O3/c15-13-11-7-4-8(12(11)14(16)17-13)10-6-2-1-5(3-6)9(7)10/h5-8,11-12H,1-4H2/t5-,6+,7-,8-,11+,12+/m0/s1. The lowest BCUT2D eigenvalue weighted by Gasteiger charge is -2.28. The van der Waals surface area contributed by atoms with Gasteiger partial charge in [0.1, 0.15) is 0 Å². The summed E-state index contributed by atoms with van der Waals surface area (Å²) in [6.45, 7) is 0. The summed E-state index contributed by atoms with van der Waals surface area (Å²) < 4.78 is 4.86. The quantitative estimate of drug-likeness (QED) is 0.275. The summed E-state index contributed by atoms with van der Waals surface area (Å²) in [7, 11) is 0. The first-order valence-electron chi connectivity index (χ1n) is 6.75. The van der Waals surface area contributed by atoms with Gasteiger partial charge in [-0.3, -0.25) is 9.59 Å². The fraction of sp³-hybridized carbons (Fsp3) is 0.714. The molecule has 0 aromatic carbocycles. The van der Waals surface area contributed by atoms with Gasteiger partial charge in [0.2, 0.25) is 0 Å². The predicted octanol–water partition coefficient (Wildman–Crippen LogP) is 1.68. The van der Waals surface area contributed by atoms with Crippen molar-refractivity contribution >= 4 is 11.9 Å². The molecule has 5 rings (SSSR count). The monoisotopic (exact) mass is 230 g/mol. The molecule has 6 atom stereocenters. The predicted molar refractivity (Wildman–Crippen MR) is 57.5 cm³/mol. The van der Waals surface area contributed by atoms with Crippen molar-refractivity contribution in [2.24, 2.45) is 35.5 Å². The molecule has 0 aromatic heterocycles. The van der Waals surface area contributed by atoms with E-state index >= 15 is 0 Å². The highest BCUT2D eigenvalue weighted by Crippen LogP contribution is 2.68. The van der Waals surface area contributed by atoms with Gasteiger partial charge >= 0.3 is 11.9 Å². The molecule has 0 aromatic rings. The zero-order valence-corrected chi connectivity index (χ0v) is 9.52. The lowest BCUT2D eigenvalue weighted by Crippen LogP contribution is -2.29. The molecule has 4 bridgehead atoms. The van der Waals surface area contributed by atoms with Crippen LogP contribution in [0.25, 0.3) is 0 Å². The smallest absolute Gasteiger partial charge is 0.318 e. The molecule has 1 saturated heterocycles. The van der Waals surface area contributed by atoms with Crippen LogP contribution in [-0.2, 0) is 14.3 Å². The topological polar surface area (TPSA) is 43.4 Å². The van der Waals surface area contributed by atoms with Crippen molar-refractivity contribution in [3.63, 3.8) is 0 Å². The van der Waals surface area contributed by atoms with Crippen molar-refractivity contribution in [2.75, 3.05) is 0 Å². The van der Waals surface area contributed by atoms with Crippen molar-refractivity contribution in [1.82, 2.24) is 0 Å². The molecule has 3 fully saturated rings. The van der Waals surface area contributed by atoms with Crippen LogP contribution in [0.1, 0.15) is 25.7 Å². The fourth-order valence-corrected chi connectivity index (χ4v) is 5.62. The molecule has 0 radical (unpaired) electrons. The number of cyclic esters (lactones) is 2. The van der Waals surface area contributed by atoms with Crippen molar-refractivity contribution in [1.29, 1.82) is 0 Å². The second-order valence-corrected chi connectivity index (χ2v) is 6.36. The normalized spacial score (nSPS) is 53.4. The van der Waals surface area contributed by atoms with Gasteiger partial charge in [0, 0.05) is 0 Å². The average Bonchev–Trinajstić information content (AvgIpc) is 3.03. The Morgan fingerprint density at radius 2 is 1.35 bits per heavy atom. The molecule has 88 valence electrons. The minimum atomic E-state index is -0.234. The van der Waals surface area contributed by atoms with Crippen LogP contribution in [-0.4, -0.2) is 11.9 Å². The van der Waals surface area contributed by atoms with Crippen LogP contribution in [0, 0.1) is 35.5 Å². The Morgan fingerprint density at radius 1 is 0.824 bits per heavy atom. The molecular weight excluding hydrogens is 216 g/mol. The third kappa shape index (κ3) is 0.791. The van der Waals surface area contributed by atoms with Crippen molar-refractivity contribution < 1.29 is 14.3 Å². The Bertz CT molecular complexity index is 462. The van der Waals surface area contributed by atoms with Crippen LogP contribution in [0.5, 0.6) is 0 Å². The van der Waals surface area contributed by atoms with Crippen molar-refractivity contribution in [3.8, 4) is 0 Å². The fourth-order valence-electron chi connectivity index (χ4n) is 5.62. The van der Waals surface area contributed by atoms with Gasteiger partial charge in [-0.25, -0.2) is 0 Å². The molecular formula is C14H14O3. The number of hydrogen-bond donors (Lipinski definition) is 0. The van der Waals surface area contributed by atoms with Gasteiger partial charge < -0.3 is 4.74 Å². The maximum atomic E-state index is 11.8. The van der Waals surface area contributed by atoms with Crippen LogP contribution in [0.15, 0.2) is 11.1 Å². The molecule has 1 aliphatic heterocycles. The van der Waals surface area contributed by atoms with Gasteiger partial charge in [-0.05, 0) is 49.4 Å². The van der Waals surface area contributed by atoms with Gasteiger partial charge in [-0.15, -0.1) is 0 Å². The molecule has 0 spiro atoms. The lowest BCUT2D eigenvalue weighted by molar-refractivity contribution is -0.154. The Morgan fingerprint density at radius 3 is 1.88 bits per heavy atom. The van der Waals surface area contributed by atoms with Gasteiger partial charge in [0.05, 0.1) is 11.8 Å². The van der Waals surface area contributed by atoms with E-state index in [1.807, 2.05) is 0 Å².